The number of halogens is 2. The Labute approximate surface area is 192 Å². The highest BCUT2D eigenvalue weighted by Gasteiger charge is 2.10. The van der Waals surface area contributed by atoms with Gasteiger partial charge in [0.2, 0.25) is 5.13 Å². The van der Waals surface area contributed by atoms with Crippen molar-refractivity contribution in [3.63, 3.8) is 0 Å². The molecule has 0 amide bonds. The number of methoxy groups -OCH3 is 1. The van der Waals surface area contributed by atoms with Crippen molar-refractivity contribution in [3.8, 4) is 22.1 Å². The highest BCUT2D eigenvalue weighted by Crippen LogP contribution is 2.33. The van der Waals surface area contributed by atoms with Crippen LogP contribution in [0.5, 0.6) is 11.5 Å². The number of benzene rings is 3. The Hall–Kier alpha value is -3.13. The number of nitrogens with one attached hydrogen (secondary N) is 1. The van der Waals surface area contributed by atoms with Crippen LogP contribution in [0.2, 0.25) is 10.0 Å². The average Bonchev–Trinajstić information content (AvgIpc) is 3.25. The monoisotopic (exact) mass is 471 g/mol. The van der Waals surface area contributed by atoms with Gasteiger partial charge in [0.1, 0.15) is 16.5 Å². The van der Waals surface area contributed by atoms with Gasteiger partial charge in [0.05, 0.1) is 22.7 Å². The number of aromatic nitrogens is 2. The van der Waals surface area contributed by atoms with E-state index in [1.165, 1.54) is 18.4 Å². The van der Waals surface area contributed by atoms with E-state index in [0.717, 1.165) is 16.3 Å². The van der Waals surface area contributed by atoms with Gasteiger partial charge in [-0.25, -0.2) is 4.79 Å². The molecule has 0 aliphatic rings. The fourth-order valence-electron chi connectivity index (χ4n) is 2.72. The first kappa shape index (κ1) is 21.1. The lowest BCUT2D eigenvalue weighted by Crippen LogP contribution is -2.00. The van der Waals surface area contributed by atoms with Gasteiger partial charge in [-0.3, -0.25) is 0 Å². The second kappa shape index (κ2) is 9.34. The topological polar surface area (TPSA) is 73.3 Å². The Balaban J connectivity index is 1.51. The van der Waals surface area contributed by atoms with Gasteiger partial charge in [-0.2, -0.15) is 0 Å². The summed E-state index contributed by atoms with van der Waals surface area (Å²) in [5.74, 6) is 0.711. The van der Waals surface area contributed by atoms with Crippen LogP contribution in [0.15, 0.2) is 66.7 Å². The molecular formula is C22H15Cl2N3O3S. The van der Waals surface area contributed by atoms with Crippen LogP contribution in [0.4, 0.5) is 10.8 Å². The number of hydrogen-bond acceptors (Lipinski definition) is 7. The SMILES string of the molecule is COC(=O)c1cccc(Oc2cccc(-c3nnc(Nc4ccc(Cl)c(Cl)c4)s3)c2)c1. The summed E-state index contributed by atoms with van der Waals surface area (Å²) in [4.78, 5) is 11.7. The number of rotatable bonds is 6. The van der Waals surface area contributed by atoms with Gasteiger partial charge >= 0.3 is 5.97 Å². The lowest BCUT2D eigenvalue weighted by Gasteiger charge is -2.08. The maximum absolute atomic E-state index is 11.7. The zero-order chi connectivity index (χ0) is 21.8. The van der Waals surface area contributed by atoms with Crippen LogP contribution in [-0.4, -0.2) is 23.3 Å². The molecule has 4 rings (SSSR count). The number of carbonyl (C=O) groups is 1. The molecule has 0 bridgehead atoms. The Morgan fingerprint density at radius 2 is 1.71 bits per heavy atom. The standard InChI is InChI=1S/C22H15Cl2N3O3S/c1-29-21(28)14-5-3-7-17(11-14)30-16-6-2-4-13(10-16)20-26-27-22(31-20)25-15-8-9-18(23)19(24)12-15/h2-12H,1H3,(H,25,27). The summed E-state index contributed by atoms with van der Waals surface area (Å²) in [5.41, 5.74) is 2.03. The second-order valence-corrected chi connectivity index (χ2v) is 8.11. The Morgan fingerprint density at radius 1 is 0.935 bits per heavy atom. The van der Waals surface area contributed by atoms with Gasteiger partial charge in [-0.1, -0.05) is 52.7 Å². The molecule has 3 aromatic carbocycles. The first-order chi connectivity index (χ1) is 15.0. The molecule has 31 heavy (non-hydrogen) atoms. The summed E-state index contributed by atoms with van der Waals surface area (Å²) in [7, 11) is 1.34. The number of esters is 1. The van der Waals surface area contributed by atoms with Crippen molar-refractivity contribution >= 4 is 51.3 Å². The van der Waals surface area contributed by atoms with Gasteiger partial charge < -0.3 is 14.8 Å². The van der Waals surface area contributed by atoms with E-state index in [2.05, 4.69) is 15.5 Å². The van der Waals surface area contributed by atoms with Crippen LogP contribution in [0.3, 0.4) is 0 Å². The van der Waals surface area contributed by atoms with Crippen molar-refractivity contribution in [2.75, 3.05) is 12.4 Å². The van der Waals surface area contributed by atoms with E-state index in [4.69, 9.17) is 32.7 Å². The fourth-order valence-corrected chi connectivity index (χ4v) is 3.78. The minimum atomic E-state index is -0.421. The summed E-state index contributed by atoms with van der Waals surface area (Å²) < 4.78 is 10.7. The summed E-state index contributed by atoms with van der Waals surface area (Å²) in [6.45, 7) is 0. The quantitative estimate of drug-likeness (QED) is 0.310. The number of hydrogen-bond donors (Lipinski definition) is 1. The van der Waals surface area contributed by atoms with Gasteiger partial charge in [-0.15, -0.1) is 10.2 Å². The highest BCUT2D eigenvalue weighted by molar-refractivity contribution is 7.18. The molecule has 0 aliphatic heterocycles. The molecule has 0 unspecified atom stereocenters. The lowest BCUT2D eigenvalue weighted by atomic mass is 10.2. The summed E-state index contributed by atoms with van der Waals surface area (Å²) in [6.07, 6.45) is 0. The second-order valence-electron chi connectivity index (χ2n) is 6.32. The van der Waals surface area contributed by atoms with Crippen LogP contribution >= 0.6 is 34.5 Å². The van der Waals surface area contributed by atoms with Gasteiger partial charge in [0.25, 0.3) is 0 Å². The zero-order valence-corrected chi connectivity index (χ0v) is 18.5. The van der Waals surface area contributed by atoms with Gasteiger partial charge in [0.15, 0.2) is 0 Å². The van der Waals surface area contributed by atoms with Crippen molar-refractivity contribution in [2.45, 2.75) is 0 Å². The summed E-state index contributed by atoms with van der Waals surface area (Å²) >= 11 is 13.4. The molecule has 9 heteroatoms. The van der Waals surface area contributed by atoms with Crippen LogP contribution in [-0.2, 0) is 4.74 Å². The van der Waals surface area contributed by atoms with Crippen LogP contribution in [0, 0.1) is 0 Å². The molecule has 4 aromatic rings. The number of ether oxygens (including phenoxy) is 2. The highest BCUT2D eigenvalue weighted by atomic mass is 35.5. The molecule has 0 fully saturated rings. The molecule has 1 heterocycles. The molecule has 1 aromatic heterocycles. The first-order valence-electron chi connectivity index (χ1n) is 9.04. The zero-order valence-electron chi connectivity index (χ0n) is 16.1. The lowest BCUT2D eigenvalue weighted by molar-refractivity contribution is 0.0600. The molecule has 0 spiro atoms. The van der Waals surface area contributed by atoms with E-state index < -0.39 is 5.97 Å². The average molecular weight is 472 g/mol. The van der Waals surface area contributed by atoms with Gasteiger partial charge in [0, 0.05) is 11.3 Å². The van der Waals surface area contributed by atoms with Crippen molar-refractivity contribution in [3.05, 3.63) is 82.3 Å². The van der Waals surface area contributed by atoms with Crippen molar-refractivity contribution in [1.82, 2.24) is 10.2 Å². The largest absolute Gasteiger partial charge is 0.465 e. The third-order valence-electron chi connectivity index (χ3n) is 4.17. The van der Waals surface area contributed by atoms with E-state index in [1.54, 1.807) is 36.4 Å². The normalized spacial score (nSPS) is 10.5. The van der Waals surface area contributed by atoms with E-state index >= 15 is 0 Å². The third kappa shape index (κ3) is 5.14. The van der Waals surface area contributed by atoms with Crippen LogP contribution in [0.1, 0.15) is 10.4 Å². The van der Waals surface area contributed by atoms with E-state index in [0.29, 0.717) is 32.2 Å². The Morgan fingerprint density at radius 3 is 2.48 bits per heavy atom. The molecule has 0 saturated carbocycles. The van der Waals surface area contributed by atoms with Crippen LogP contribution in [0.25, 0.3) is 10.6 Å². The molecule has 0 atom stereocenters. The predicted octanol–water partition coefficient (Wildman–Crippen LogP) is 6.83. The fraction of sp³-hybridized carbons (Fsp3) is 0.0455. The molecule has 0 aliphatic carbocycles. The molecule has 156 valence electrons. The maximum Gasteiger partial charge on any atom is 0.337 e. The van der Waals surface area contributed by atoms with Crippen molar-refractivity contribution < 1.29 is 14.3 Å². The predicted molar refractivity (Wildman–Crippen MR) is 123 cm³/mol. The molecule has 0 saturated heterocycles. The molecule has 6 nitrogen and oxygen atoms in total. The molecule has 1 N–H and O–H groups in total. The Bertz CT molecular complexity index is 1250. The number of nitrogens with zero attached hydrogens (tertiary/aromatic N) is 2. The molecule has 0 radical (unpaired) electrons. The van der Waals surface area contributed by atoms with E-state index in [1.807, 2.05) is 30.3 Å². The van der Waals surface area contributed by atoms with E-state index in [9.17, 15) is 4.79 Å². The summed E-state index contributed by atoms with van der Waals surface area (Å²) in [6, 6.07) is 19.5. The minimum Gasteiger partial charge on any atom is -0.465 e. The van der Waals surface area contributed by atoms with E-state index in [-0.39, 0.29) is 0 Å². The van der Waals surface area contributed by atoms with Crippen LogP contribution < -0.4 is 10.1 Å². The Kier molecular flexibility index (Phi) is 6.36. The van der Waals surface area contributed by atoms with Crippen molar-refractivity contribution in [2.24, 2.45) is 0 Å². The third-order valence-corrected chi connectivity index (χ3v) is 5.79. The summed E-state index contributed by atoms with van der Waals surface area (Å²) in [5, 5.41) is 13.9. The number of carbonyl (C=O) groups excluding carboxylic acids is 1. The number of anilines is 2. The molecular weight excluding hydrogens is 457 g/mol. The smallest absolute Gasteiger partial charge is 0.337 e. The first-order valence-corrected chi connectivity index (χ1v) is 10.6. The maximum atomic E-state index is 11.7. The minimum absolute atomic E-state index is 0.415. The van der Waals surface area contributed by atoms with Crippen molar-refractivity contribution in [1.29, 1.82) is 0 Å². The van der Waals surface area contributed by atoms with Gasteiger partial charge in [-0.05, 0) is 48.5 Å².